The highest BCUT2D eigenvalue weighted by molar-refractivity contribution is 7.99. The highest BCUT2D eigenvalue weighted by Gasteiger charge is 2.18. The van der Waals surface area contributed by atoms with Crippen LogP contribution in [0, 0.1) is 6.92 Å². The Morgan fingerprint density at radius 3 is 2.45 bits per heavy atom. The zero-order chi connectivity index (χ0) is 25.9. The summed E-state index contributed by atoms with van der Waals surface area (Å²) in [6.45, 7) is 1.97. The van der Waals surface area contributed by atoms with E-state index in [1.807, 2.05) is 120 Å². The number of rotatable bonds is 7. The average molecular weight is 513 g/mol. The SMILES string of the molecule is Cc1nn(-c2ccccc2)c(Sc2cccc3cccnc23)c1/C=C/C(=O)c1cccc(-n2cccc2)c1. The number of hydrogen-bond donors (Lipinski definition) is 0. The first-order valence-electron chi connectivity index (χ1n) is 12.3. The van der Waals surface area contributed by atoms with Crippen molar-refractivity contribution < 1.29 is 4.79 Å². The molecule has 184 valence electrons. The maximum atomic E-state index is 13.2. The van der Waals surface area contributed by atoms with Gasteiger partial charge in [-0.05, 0) is 67.6 Å². The summed E-state index contributed by atoms with van der Waals surface area (Å²) >= 11 is 1.61. The maximum Gasteiger partial charge on any atom is 0.185 e. The molecular weight excluding hydrogens is 488 g/mol. The van der Waals surface area contributed by atoms with E-state index in [1.165, 1.54) is 0 Å². The number of nitrogens with zero attached hydrogens (tertiary/aromatic N) is 4. The zero-order valence-electron chi connectivity index (χ0n) is 20.7. The Labute approximate surface area is 225 Å². The van der Waals surface area contributed by atoms with Gasteiger partial charge < -0.3 is 4.57 Å². The monoisotopic (exact) mass is 512 g/mol. The molecule has 6 heteroatoms. The van der Waals surface area contributed by atoms with Gasteiger partial charge in [0.05, 0.1) is 16.9 Å². The molecule has 0 aliphatic heterocycles. The summed E-state index contributed by atoms with van der Waals surface area (Å²) in [7, 11) is 0. The Bertz CT molecular complexity index is 1760. The van der Waals surface area contributed by atoms with Gasteiger partial charge in [-0.1, -0.05) is 60.3 Å². The molecule has 0 saturated carbocycles. The molecule has 0 amide bonds. The number of hydrogen-bond acceptors (Lipinski definition) is 4. The molecule has 6 aromatic rings. The molecule has 0 spiro atoms. The normalized spacial score (nSPS) is 11.4. The van der Waals surface area contributed by atoms with Crippen molar-refractivity contribution in [3.05, 3.63) is 139 Å². The lowest BCUT2D eigenvalue weighted by atomic mass is 10.1. The average Bonchev–Trinajstić information content (AvgIpc) is 3.61. The van der Waals surface area contributed by atoms with Gasteiger partial charge in [-0.15, -0.1) is 0 Å². The molecular formula is C32H24N4OS. The highest BCUT2D eigenvalue weighted by Crippen LogP contribution is 2.37. The summed E-state index contributed by atoms with van der Waals surface area (Å²) < 4.78 is 3.93. The standard InChI is InChI=1S/C32H24N4OS/c1-23-28(17-18-29(37)25-11-7-15-27(22-25)35-20-5-6-21-35)32(36(34-23)26-13-3-2-4-14-26)38-30-16-8-10-24-12-9-19-33-31(24)30/h2-22H,1H3/b18-17+. The van der Waals surface area contributed by atoms with Crippen molar-refractivity contribution >= 4 is 34.5 Å². The lowest BCUT2D eigenvalue weighted by Crippen LogP contribution is -1.99. The van der Waals surface area contributed by atoms with E-state index in [1.54, 1.807) is 17.8 Å². The Morgan fingerprint density at radius 1 is 0.842 bits per heavy atom. The third-order valence-electron chi connectivity index (χ3n) is 6.30. The maximum absolute atomic E-state index is 13.2. The molecule has 0 aliphatic carbocycles. The van der Waals surface area contributed by atoms with Crippen LogP contribution in [0.4, 0.5) is 0 Å². The summed E-state index contributed by atoms with van der Waals surface area (Å²) in [4.78, 5) is 18.9. The molecule has 5 nitrogen and oxygen atoms in total. The molecule has 0 fully saturated rings. The number of pyridine rings is 1. The van der Waals surface area contributed by atoms with Gasteiger partial charge in [-0.25, -0.2) is 4.68 Å². The lowest BCUT2D eigenvalue weighted by molar-refractivity contribution is 0.104. The van der Waals surface area contributed by atoms with E-state index in [4.69, 9.17) is 5.10 Å². The second kappa shape index (κ2) is 10.4. The Hall–Kier alpha value is -4.68. The van der Waals surface area contributed by atoms with Crippen LogP contribution in [0.2, 0.25) is 0 Å². The number of benzene rings is 3. The van der Waals surface area contributed by atoms with Gasteiger partial charge in [0, 0.05) is 45.7 Å². The zero-order valence-corrected chi connectivity index (χ0v) is 21.5. The Kier molecular flexibility index (Phi) is 6.46. The number of para-hydroxylation sites is 2. The van der Waals surface area contributed by atoms with Crippen molar-refractivity contribution in [2.45, 2.75) is 16.8 Å². The van der Waals surface area contributed by atoms with E-state index < -0.39 is 0 Å². The first-order chi connectivity index (χ1) is 18.7. The first-order valence-corrected chi connectivity index (χ1v) is 13.1. The third-order valence-corrected chi connectivity index (χ3v) is 7.44. The van der Waals surface area contributed by atoms with Crippen LogP contribution in [0.3, 0.4) is 0 Å². The van der Waals surface area contributed by atoms with Gasteiger partial charge in [0.25, 0.3) is 0 Å². The summed E-state index contributed by atoms with van der Waals surface area (Å²) in [6.07, 6.45) is 9.26. The molecule has 0 atom stereocenters. The summed E-state index contributed by atoms with van der Waals surface area (Å²) in [5.74, 6) is -0.0614. The van der Waals surface area contributed by atoms with Crippen molar-refractivity contribution in [2.75, 3.05) is 0 Å². The quantitative estimate of drug-likeness (QED) is 0.164. The van der Waals surface area contributed by atoms with Crippen molar-refractivity contribution in [2.24, 2.45) is 0 Å². The van der Waals surface area contributed by atoms with Gasteiger partial charge in [-0.2, -0.15) is 5.10 Å². The number of allylic oxidation sites excluding steroid dienone is 1. The van der Waals surface area contributed by atoms with Gasteiger partial charge in [0.15, 0.2) is 5.78 Å². The minimum atomic E-state index is -0.0614. The molecule has 0 radical (unpaired) electrons. The van der Waals surface area contributed by atoms with Gasteiger partial charge in [0.1, 0.15) is 5.03 Å². The number of ketones is 1. The van der Waals surface area contributed by atoms with Crippen LogP contribution in [0.25, 0.3) is 28.4 Å². The minimum absolute atomic E-state index is 0.0614. The van der Waals surface area contributed by atoms with Crippen molar-refractivity contribution in [1.82, 2.24) is 19.3 Å². The van der Waals surface area contributed by atoms with E-state index in [2.05, 4.69) is 23.2 Å². The van der Waals surface area contributed by atoms with E-state index in [0.717, 1.165) is 43.5 Å². The van der Waals surface area contributed by atoms with E-state index in [0.29, 0.717) is 5.56 Å². The largest absolute Gasteiger partial charge is 0.324 e. The molecule has 3 heterocycles. The minimum Gasteiger partial charge on any atom is -0.324 e. The molecule has 38 heavy (non-hydrogen) atoms. The Morgan fingerprint density at radius 2 is 1.61 bits per heavy atom. The molecule has 0 N–H and O–H groups in total. The number of carbonyl (C=O) groups is 1. The van der Waals surface area contributed by atoms with Crippen molar-refractivity contribution in [1.29, 1.82) is 0 Å². The fraction of sp³-hybridized carbons (Fsp3) is 0.0312. The number of fused-ring (bicyclic) bond motifs is 1. The molecule has 0 unspecified atom stereocenters. The van der Waals surface area contributed by atoms with Gasteiger partial charge in [-0.3, -0.25) is 9.78 Å². The Balaban J connectivity index is 1.40. The molecule has 3 aromatic carbocycles. The third kappa shape index (κ3) is 4.69. The van der Waals surface area contributed by atoms with E-state index in [9.17, 15) is 4.79 Å². The van der Waals surface area contributed by atoms with Crippen LogP contribution < -0.4 is 0 Å². The van der Waals surface area contributed by atoms with Crippen molar-refractivity contribution in [3.8, 4) is 11.4 Å². The van der Waals surface area contributed by atoms with Crippen molar-refractivity contribution in [3.63, 3.8) is 0 Å². The topological polar surface area (TPSA) is 52.7 Å². The summed E-state index contributed by atoms with van der Waals surface area (Å²) in [5, 5.41) is 6.87. The number of carbonyl (C=O) groups excluding carboxylic acids is 1. The highest BCUT2D eigenvalue weighted by atomic mass is 32.2. The summed E-state index contributed by atoms with van der Waals surface area (Å²) in [6, 6.07) is 31.8. The second-order valence-corrected chi connectivity index (χ2v) is 9.85. The van der Waals surface area contributed by atoms with Crippen LogP contribution >= 0.6 is 11.8 Å². The molecule has 0 aliphatic rings. The molecule has 0 bridgehead atoms. The lowest BCUT2D eigenvalue weighted by Gasteiger charge is -2.10. The van der Waals surface area contributed by atoms with E-state index >= 15 is 0 Å². The molecule has 3 aromatic heterocycles. The number of aromatic nitrogens is 4. The fourth-order valence-corrected chi connectivity index (χ4v) is 5.58. The number of aryl methyl sites for hydroxylation is 1. The first kappa shape index (κ1) is 23.7. The molecule has 6 rings (SSSR count). The predicted octanol–water partition coefficient (Wildman–Crippen LogP) is 7.57. The predicted molar refractivity (Wildman–Crippen MR) is 153 cm³/mol. The van der Waals surface area contributed by atoms with Crippen LogP contribution in [-0.2, 0) is 0 Å². The van der Waals surface area contributed by atoms with E-state index in [-0.39, 0.29) is 5.78 Å². The second-order valence-electron chi connectivity index (χ2n) is 8.82. The summed E-state index contributed by atoms with van der Waals surface area (Å²) in [5.41, 5.74) is 5.22. The molecule has 0 saturated heterocycles. The van der Waals surface area contributed by atoms with Crippen LogP contribution in [-0.4, -0.2) is 25.1 Å². The smallest absolute Gasteiger partial charge is 0.185 e. The van der Waals surface area contributed by atoms with Crippen LogP contribution in [0.1, 0.15) is 21.6 Å². The van der Waals surface area contributed by atoms with Gasteiger partial charge in [0.2, 0.25) is 0 Å². The van der Waals surface area contributed by atoms with Crippen LogP contribution in [0.15, 0.2) is 132 Å². The fourth-order valence-electron chi connectivity index (χ4n) is 4.40. The van der Waals surface area contributed by atoms with Gasteiger partial charge >= 0.3 is 0 Å². The van der Waals surface area contributed by atoms with Crippen LogP contribution in [0.5, 0.6) is 0 Å².